The smallest absolute Gasteiger partial charge is 0.265 e. The van der Waals surface area contributed by atoms with Gasteiger partial charge in [-0.2, -0.15) is 0 Å². The van der Waals surface area contributed by atoms with E-state index in [-0.39, 0.29) is 11.8 Å². The van der Waals surface area contributed by atoms with E-state index in [2.05, 4.69) is 5.32 Å². The molecule has 2 aromatic rings. The van der Waals surface area contributed by atoms with E-state index in [1.165, 1.54) is 11.3 Å². The molecular formula is C18H19NO5S. The minimum Gasteiger partial charge on any atom is -0.497 e. The minimum atomic E-state index is -0.128. The van der Waals surface area contributed by atoms with E-state index in [4.69, 9.17) is 18.9 Å². The number of amides is 1. The molecule has 132 valence electrons. The molecule has 7 heteroatoms. The van der Waals surface area contributed by atoms with E-state index in [0.29, 0.717) is 42.7 Å². The number of fused-ring (bicyclic) bond motifs is 2. The van der Waals surface area contributed by atoms with Gasteiger partial charge in [-0.15, -0.1) is 11.3 Å². The molecule has 4 rings (SSSR count). The van der Waals surface area contributed by atoms with Crippen molar-refractivity contribution in [2.45, 2.75) is 6.42 Å². The first-order valence-corrected chi connectivity index (χ1v) is 9.07. The fourth-order valence-electron chi connectivity index (χ4n) is 3.01. The standard InChI is InChI=1S/C18H19NO5S/c1-21-13-3-2-12-6-11(9-24-14(12)7-13)8-19-18(20)17-16-15(10-25-17)22-4-5-23-16/h2-3,7,10-11H,4-6,8-9H2,1H3,(H,19,20)/t11-/m1/s1. The molecule has 0 unspecified atom stereocenters. The molecule has 2 aliphatic heterocycles. The highest BCUT2D eigenvalue weighted by Crippen LogP contribution is 2.39. The van der Waals surface area contributed by atoms with Crippen LogP contribution in [0.25, 0.3) is 0 Å². The lowest BCUT2D eigenvalue weighted by molar-refractivity contribution is 0.0934. The Kier molecular flexibility index (Phi) is 4.40. The van der Waals surface area contributed by atoms with Crippen molar-refractivity contribution in [1.29, 1.82) is 0 Å². The quantitative estimate of drug-likeness (QED) is 0.906. The highest BCUT2D eigenvalue weighted by atomic mass is 32.1. The lowest BCUT2D eigenvalue weighted by Crippen LogP contribution is -2.34. The first-order valence-electron chi connectivity index (χ1n) is 8.19. The maximum absolute atomic E-state index is 12.5. The normalized spacial score (nSPS) is 18.0. The van der Waals surface area contributed by atoms with Crippen LogP contribution in [0.1, 0.15) is 15.2 Å². The molecule has 2 aliphatic rings. The first-order chi connectivity index (χ1) is 12.2. The Hall–Kier alpha value is -2.41. The van der Waals surface area contributed by atoms with Gasteiger partial charge < -0.3 is 24.3 Å². The van der Waals surface area contributed by atoms with Gasteiger partial charge in [-0.05, 0) is 18.1 Å². The van der Waals surface area contributed by atoms with Crippen LogP contribution in [0.5, 0.6) is 23.0 Å². The second kappa shape index (κ2) is 6.84. The Labute approximate surface area is 149 Å². The number of carbonyl (C=O) groups is 1. The van der Waals surface area contributed by atoms with Crippen LogP contribution >= 0.6 is 11.3 Å². The molecule has 0 bridgehead atoms. The van der Waals surface area contributed by atoms with E-state index in [1.54, 1.807) is 7.11 Å². The molecule has 0 radical (unpaired) electrons. The van der Waals surface area contributed by atoms with Crippen LogP contribution in [-0.2, 0) is 6.42 Å². The van der Waals surface area contributed by atoms with Gasteiger partial charge in [0.15, 0.2) is 11.5 Å². The van der Waals surface area contributed by atoms with Gasteiger partial charge in [-0.25, -0.2) is 0 Å². The fourth-order valence-corrected chi connectivity index (χ4v) is 3.86. The number of carbonyl (C=O) groups excluding carboxylic acids is 1. The van der Waals surface area contributed by atoms with Crippen LogP contribution in [-0.4, -0.2) is 39.4 Å². The van der Waals surface area contributed by atoms with Crippen LogP contribution < -0.4 is 24.3 Å². The van der Waals surface area contributed by atoms with Gasteiger partial charge in [0.05, 0.1) is 13.7 Å². The number of benzene rings is 1. The Morgan fingerprint density at radius 3 is 3.04 bits per heavy atom. The molecule has 1 aromatic carbocycles. The van der Waals surface area contributed by atoms with Gasteiger partial charge in [-0.1, -0.05) is 6.07 Å². The van der Waals surface area contributed by atoms with E-state index >= 15 is 0 Å². The summed E-state index contributed by atoms with van der Waals surface area (Å²) in [7, 11) is 1.64. The van der Waals surface area contributed by atoms with Crippen molar-refractivity contribution in [2.75, 3.05) is 33.5 Å². The van der Waals surface area contributed by atoms with E-state index in [1.807, 2.05) is 23.6 Å². The fraction of sp³-hybridized carbons (Fsp3) is 0.389. The van der Waals surface area contributed by atoms with Crippen LogP contribution in [0.3, 0.4) is 0 Å². The summed E-state index contributed by atoms with van der Waals surface area (Å²) < 4.78 is 22.1. The van der Waals surface area contributed by atoms with E-state index < -0.39 is 0 Å². The topological polar surface area (TPSA) is 66.0 Å². The zero-order valence-corrected chi connectivity index (χ0v) is 14.7. The summed E-state index contributed by atoms with van der Waals surface area (Å²) in [5, 5.41) is 4.81. The zero-order valence-electron chi connectivity index (χ0n) is 13.9. The molecule has 0 aliphatic carbocycles. The third kappa shape index (κ3) is 3.24. The second-order valence-corrected chi connectivity index (χ2v) is 6.90. The number of rotatable bonds is 4. The molecule has 1 N–H and O–H groups in total. The van der Waals surface area contributed by atoms with Crippen LogP contribution in [0.15, 0.2) is 23.6 Å². The van der Waals surface area contributed by atoms with Crippen molar-refractivity contribution >= 4 is 17.2 Å². The van der Waals surface area contributed by atoms with E-state index in [0.717, 1.165) is 23.5 Å². The van der Waals surface area contributed by atoms with Crippen LogP contribution in [0.4, 0.5) is 0 Å². The largest absolute Gasteiger partial charge is 0.497 e. The van der Waals surface area contributed by atoms with Crippen LogP contribution in [0, 0.1) is 5.92 Å². The summed E-state index contributed by atoms with van der Waals surface area (Å²) >= 11 is 1.35. The summed E-state index contributed by atoms with van der Waals surface area (Å²) in [4.78, 5) is 13.0. The summed E-state index contributed by atoms with van der Waals surface area (Å²) in [6.07, 6.45) is 0.863. The summed E-state index contributed by atoms with van der Waals surface area (Å²) in [6, 6.07) is 5.85. The van der Waals surface area contributed by atoms with Crippen molar-refractivity contribution < 1.29 is 23.7 Å². The molecule has 0 spiro atoms. The molecule has 6 nitrogen and oxygen atoms in total. The van der Waals surface area contributed by atoms with Crippen LogP contribution in [0.2, 0.25) is 0 Å². The van der Waals surface area contributed by atoms with E-state index in [9.17, 15) is 4.79 Å². The maximum atomic E-state index is 12.5. The van der Waals surface area contributed by atoms with Gasteiger partial charge in [0, 0.05) is 23.9 Å². The number of ether oxygens (including phenoxy) is 4. The van der Waals surface area contributed by atoms with Crippen molar-refractivity contribution in [2.24, 2.45) is 5.92 Å². The number of hydrogen-bond donors (Lipinski definition) is 1. The van der Waals surface area contributed by atoms with Gasteiger partial charge >= 0.3 is 0 Å². The molecule has 1 atom stereocenters. The highest BCUT2D eigenvalue weighted by Gasteiger charge is 2.25. The Bertz CT molecular complexity index is 788. The number of nitrogens with one attached hydrogen (secondary N) is 1. The maximum Gasteiger partial charge on any atom is 0.265 e. The van der Waals surface area contributed by atoms with Crippen molar-refractivity contribution in [3.8, 4) is 23.0 Å². The molecule has 25 heavy (non-hydrogen) atoms. The molecule has 0 saturated carbocycles. The third-order valence-electron chi connectivity index (χ3n) is 4.32. The predicted molar refractivity (Wildman–Crippen MR) is 93.3 cm³/mol. The van der Waals surface area contributed by atoms with Gasteiger partial charge in [0.25, 0.3) is 5.91 Å². The predicted octanol–water partition coefficient (Wildman–Crippen LogP) is 2.51. The lowest BCUT2D eigenvalue weighted by atomic mass is 9.96. The van der Waals surface area contributed by atoms with Gasteiger partial charge in [-0.3, -0.25) is 4.79 Å². The monoisotopic (exact) mass is 361 g/mol. The zero-order chi connectivity index (χ0) is 17.2. The molecule has 0 saturated heterocycles. The van der Waals surface area contributed by atoms with Crippen molar-refractivity contribution in [3.05, 3.63) is 34.0 Å². The number of methoxy groups -OCH3 is 1. The molecule has 1 aromatic heterocycles. The average molecular weight is 361 g/mol. The minimum absolute atomic E-state index is 0.128. The summed E-state index contributed by atoms with van der Waals surface area (Å²) in [5.74, 6) is 2.97. The summed E-state index contributed by atoms with van der Waals surface area (Å²) in [5.41, 5.74) is 1.14. The molecular weight excluding hydrogens is 342 g/mol. The summed E-state index contributed by atoms with van der Waals surface area (Å²) in [6.45, 7) is 2.12. The molecule has 1 amide bonds. The number of thiophene rings is 1. The van der Waals surface area contributed by atoms with Gasteiger partial charge in [0.2, 0.25) is 0 Å². The number of hydrogen-bond acceptors (Lipinski definition) is 6. The SMILES string of the molecule is COc1ccc2c(c1)OC[C@@H](CNC(=O)c1scc3c1OCCO3)C2. The average Bonchev–Trinajstić information content (AvgIpc) is 3.09. The highest BCUT2D eigenvalue weighted by molar-refractivity contribution is 7.12. The van der Waals surface area contributed by atoms with Crippen molar-refractivity contribution in [1.82, 2.24) is 5.32 Å². The first kappa shape index (κ1) is 16.1. The third-order valence-corrected chi connectivity index (χ3v) is 5.25. The van der Waals surface area contributed by atoms with Gasteiger partial charge in [0.1, 0.15) is 29.6 Å². The molecule has 0 fully saturated rings. The Morgan fingerprint density at radius 2 is 2.16 bits per heavy atom. The van der Waals surface area contributed by atoms with Crippen molar-refractivity contribution in [3.63, 3.8) is 0 Å². The lowest BCUT2D eigenvalue weighted by Gasteiger charge is -2.25. The molecule has 3 heterocycles. The Balaban J connectivity index is 1.37. The second-order valence-electron chi connectivity index (χ2n) is 6.02. The Morgan fingerprint density at radius 1 is 1.28 bits per heavy atom.